The quantitative estimate of drug-likeness (QED) is 0.00823. The monoisotopic (exact) mass is 1580 g/mol. The molecule has 110 heavy (non-hydrogen) atoms. The molecule has 0 aliphatic heterocycles. The van der Waals surface area contributed by atoms with E-state index in [1.807, 2.05) is 0 Å². The van der Waals surface area contributed by atoms with Crippen molar-refractivity contribution in [2.75, 3.05) is 65.9 Å². The summed E-state index contributed by atoms with van der Waals surface area (Å²) in [5.41, 5.74) is 0. The van der Waals surface area contributed by atoms with Gasteiger partial charge in [-0.05, 0) is 111 Å². The number of phosphoric acid groups is 2. The summed E-state index contributed by atoms with van der Waals surface area (Å²) < 4.78 is 70.7. The van der Waals surface area contributed by atoms with Crippen LogP contribution in [0.2, 0.25) is 0 Å². The van der Waals surface area contributed by atoms with Crippen molar-refractivity contribution in [2.45, 2.75) is 361 Å². The first-order chi connectivity index (χ1) is 53.3. The molecule has 624 valence electrons. The van der Waals surface area contributed by atoms with Crippen molar-refractivity contribution in [1.29, 1.82) is 0 Å². The van der Waals surface area contributed by atoms with Gasteiger partial charge in [0, 0.05) is 51.1 Å². The first kappa shape index (κ1) is 104. The SMILES string of the molecule is CC#CC#CC#CC#CC#CC#CC(=O)O[C@H](CCCCCCC)CCOC[C@H](COP(=O)(O)OCCNC(=O)NCCOP(=O)(O)OC[C@@H](COCC[C@@H](CCCCCCC)OC(=O)CCCCCCCCCCC)NC(=O)CC(=O)CCCCCCCCCCC)NC(=O)CC(=O)CCCCCCCCCCC. The highest BCUT2D eigenvalue weighted by Gasteiger charge is 2.28. The number of ether oxygens (including phenoxy) is 4. The van der Waals surface area contributed by atoms with E-state index in [0.717, 1.165) is 141 Å². The lowest BCUT2D eigenvalue weighted by Gasteiger charge is -2.22. The molecule has 2 unspecified atom stereocenters. The zero-order chi connectivity index (χ0) is 80.9. The van der Waals surface area contributed by atoms with E-state index >= 15 is 0 Å². The normalized spacial score (nSPS) is 12.9. The molecule has 0 radical (unpaired) electrons. The Balaban J connectivity index is 5.80. The number of ketones is 2. The number of Topliss-reactive ketones (excluding diaryl/α,β-unsaturated/α-hetero) is 2. The Bertz CT molecular complexity index is 2970. The fourth-order valence-corrected chi connectivity index (χ4v) is 13.1. The van der Waals surface area contributed by atoms with Gasteiger partial charge in [-0.25, -0.2) is 18.7 Å². The summed E-state index contributed by atoms with van der Waals surface area (Å²) in [6.45, 7) is 9.47. The van der Waals surface area contributed by atoms with Crippen LogP contribution in [0.3, 0.4) is 0 Å². The van der Waals surface area contributed by atoms with E-state index in [4.69, 9.17) is 37.0 Å². The number of carbonyl (C=O) groups is 7. The summed E-state index contributed by atoms with van der Waals surface area (Å²) in [5.74, 6) is 27.2. The molecule has 0 spiro atoms. The summed E-state index contributed by atoms with van der Waals surface area (Å²) >= 11 is 0. The molecule has 25 heteroatoms. The van der Waals surface area contributed by atoms with Crippen LogP contribution < -0.4 is 21.3 Å². The highest BCUT2D eigenvalue weighted by molar-refractivity contribution is 7.47. The molecule has 0 saturated carbocycles. The van der Waals surface area contributed by atoms with E-state index in [0.29, 0.717) is 38.5 Å². The van der Waals surface area contributed by atoms with Gasteiger partial charge in [-0.3, -0.25) is 42.1 Å². The molecule has 0 aromatic rings. The van der Waals surface area contributed by atoms with Crippen LogP contribution in [0.25, 0.3) is 0 Å². The average Bonchev–Trinajstić information content (AvgIpc) is 0.911. The molecule has 0 aliphatic carbocycles. The second-order valence-electron chi connectivity index (χ2n) is 28.0. The Morgan fingerprint density at radius 3 is 1.04 bits per heavy atom. The van der Waals surface area contributed by atoms with Crippen molar-refractivity contribution < 1.29 is 89.5 Å². The Hall–Kier alpha value is -6.01. The van der Waals surface area contributed by atoms with Crippen LogP contribution in [0.4, 0.5) is 4.79 Å². The second kappa shape index (κ2) is 75.7. The maximum Gasteiger partial charge on any atom is 0.472 e. The number of unbranched alkanes of at least 4 members (excludes halogenated alkanes) is 32. The Labute approximate surface area is 662 Å². The summed E-state index contributed by atoms with van der Waals surface area (Å²) in [5, 5.41) is 10.2. The fraction of sp³-hybridized carbons (Fsp3) is 0.776. The third kappa shape index (κ3) is 72.2. The van der Waals surface area contributed by atoms with Gasteiger partial charge >= 0.3 is 33.6 Å². The molecule has 4 amide bonds. The lowest BCUT2D eigenvalue weighted by Crippen LogP contribution is -2.42. The van der Waals surface area contributed by atoms with Crippen LogP contribution in [-0.4, -0.2) is 141 Å². The minimum absolute atomic E-state index is 0.0288. The van der Waals surface area contributed by atoms with Gasteiger partial charge in [-0.15, -0.1) is 0 Å². The fourth-order valence-electron chi connectivity index (χ4n) is 11.5. The van der Waals surface area contributed by atoms with Crippen LogP contribution in [0.15, 0.2) is 0 Å². The second-order valence-corrected chi connectivity index (χ2v) is 30.9. The van der Waals surface area contributed by atoms with Gasteiger partial charge in [0.2, 0.25) is 11.8 Å². The smallest absolute Gasteiger partial charge is 0.462 e. The predicted octanol–water partition coefficient (Wildman–Crippen LogP) is 16.6. The maximum atomic E-state index is 13.3. The van der Waals surface area contributed by atoms with Crippen LogP contribution in [-0.2, 0) is 74.9 Å². The van der Waals surface area contributed by atoms with E-state index in [1.54, 1.807) is 6.92 Å². The first-order valence-corrected chi connectivity index (χ1v) is 44.7. The molecule has 23 nitrogen and oxygen atoms in total. The third-order valence-electron chi connectivity index (χ3n) is 17.7. The molecule has 0 bridgehead atoms. The largest absolute Gasteiger partial charge is 0.472 e. The van der Waals surface area contributed by atoms with E-state index in [1.165, 1.54) is 83.5 Å². The van der Waals surface area contributed by atoms with Crippen LogP contribution in [0, 0.1) is 71.0 Å². The molecule has 6 N–H and O–H groups in total. The number of esters is 2. The van der Waals surface area contributed by atoms with Crippen LogP contribution in [0.5, 0.6) is 0 Å². The molecule has 0 aromatic heterocycles. The van der Waals surface area contributed by atoms with Crippen molar-refractivity contribution in [3.8, 4) is 71.0 Å². The Morgan fingerprint density at radius 2 is 0.673 bits per heavy atom. The molecule has 0 saturated heterocycles. The molecule has 0 aliphatic rings. The lowest BCUT2D eigenvalue weighted by molar-refractivity contribution is -0.150. The van der Waals surface area contributed by atoms with Crippen LogP contribution in [0.1, 0.15) is 337 Å². The number of carbonyl (C=O) groups excluding carboxylic acids is 7. The van der Waals surface area contributed by atoms with Gasteiger partial charge in [-0.1, -0.05) is 246 Å². The molecular formula is C85H140N4O19P2. The number of urea groups is 1. The van der Waals surface area contributed by atoms with Gasteiger partial charge in [0.05, 0.1) is 77.8 Å². The highest BCUT2D eigenvalue weighted by atomic mass is 31.2. The predicted molar refractivity (Wildman–Crippen MR) is 433 cm³/mol. The summed E-state index contributed by atoms with van der Waals surface area (Å²) in [6, 6.07) is -2.84. The summed E-state index contributed by atoms with van der Waals surface area (Å²) in [6.07, 6.45) is 40.3. The molecule has 0 aromatic carbocycles. The van der Waals surface area contributed by atoms with Gasteiger partial charge in [0.1, 0.15) is 23.8 Å². The highest BCUT2D eigenvalue weighted by Crippen LogP contribution is 2.44. The maximum absolute atomic E-state index is 13.3. The average molecular weight is 1580 g/mol. The number of hydrogen-bond acceptors (Lipinski definition) is 17. The van der Waals surface area contributed by atoms with Gasteiger partial charge < -0.3 is 50.0 Å². The van der Waals surface area contributed by atoms with E-state index in [-0.39, 0.29) is 82.4 Å². The summed E-state index contributed by atoms with van der Waals surface area (Å²) in [4.78, 5) is 112. The first-order valence-electron chi connectivity index (χ1n) is 41.7. The van der Waals surface area contributed by atoms with Crippen molar-refractivity contribution in [3.05, 3.63) is 0 Å². The third-order valence-corrected chi connectivity index (χ3v) is 19.7. The standard InChI is InChI=1S/C85H140N4O19P2/c1-7-13-19-25-29-33-34-38-42-48-54-60-84(95)108-80(58-52-44-24-18-12-6)62-66-102-72-76(89-82(93)70-78(91)56-50-46-40-36-31-27-21-15-9-3)74-106-110(99,100)104-68-64-87-85(96)86-63-67-103-109(97,98)105-73-75(88-81(92)69-77(90)55-49-45-39-35-30-26-20-14-8-2)71-101-65-61-79(57-51-43-23-17-11-5)107-83(94)59-53-47-41-37-32-28-22-16-10-4/h75-76,79-80H,8-12,14-18,20-24,26-28,30-32,35-37,39-41,43-47,49-53,55-59,61-74H2,1-6H3,(H,88,92)(H,89,93)(H,97,98)(H,99,100)(H2,86,87,96)/t75-,76-,79-,80-/m1/s1. The summed E-state index contributed by atoms with van der Waals surface area (Å²) in [7, 11) is -9.66. The van der Waals surface area contributed by atoms with Gasteiger partial charge in [0.25, 0.3) is 0 Å². The van der Waals surface area contributed by atoms with E-state index < -0.39 is 96.9 Å². The number of amides is 4. The topological polar surface area (TPSA) is 316 Å². The minimum atomic E-state index is -4.85. The van der Waals surface area contributed by atoms with E-state index in [2.05, 4.69) is 127 Å². The number of rotatable bonds is 74. The van der Waals surface area contributed by atoms with E-state index in [9.17, 15) is 52.5 Å². The molecule has 6 atom stereocenters. The molecule has 0 fully saturated rings. The number of hydrogen-bond donors (Lipinski definition) is 6. The van der Waals surface area contributed by atoms with Crippen LogP contribution >= 0.6 is 15.6 Å². The Morgan fingerprint density at radius 1 is 0.355 bits per heavy atom. The van der Waals surface area contributed by atoms with Gasteiger partial charge in [-0.2, -0.15) is 0 Å². The zero-order valence-corrected chi connectivity index (χ0v) is 69.9. The minimum Gasteiger partial charge on any atom is -0.462 e. The zero-order valence-electron chi connectivity index (χ0n) is 68.1. The van der Waals surface area contributed by atoms with Gasteiger partial charge in [0.15, 0.2) is 0 Å². The van der Waals surface area contributed by atoms with Crippen molar-refractivity contribution >= 4 is 57.0 Å². The Kier molecular flexibility index (Phi) is 71.5. The number of phosphoric ester groups is 2. The molecule has 0 rings (SSSR count). The molecule has 0 heterocycles. The van der Waals surface area contributed by atoms with Crippen molar-refractivity contribution in [3.63, 3.8) is 0 Å². The van der Waals surface area contributed by atoms with Crippen molar-refractivity contribution in [2.24, 2.45) is 0 Å². The number of nitrogens with one attached hydrogen (secondary N) is 4. The molecular weight excluding hydrogens is 1440 g/mol. The van der Waals surface area contributed by atoms with Crippen molar-refractivity contribution in [1.82, 2.24) is 21.3 Å². The lowest BCUT2D eigenvalue weighted by atomic mass is 10.0.